The minimum absolute atomic E-state index is 0.0704. The zero-order valence-electron chi connectivity index (χ0n) is 14.3. The number of aryl methyl sites for hydroxylation is 3. The highest BCUT2D eigenvalue weighted by Gasteiger charge is 2.23. The number of pyridine rings is 1. The van der Waals surface area contributed by atoms with Crippen molar-refractivity contribution in [1.82, 2.24) is 19.7 Å². The van der Waals surface area contributed by atoms with E-state index in [0.29, 0.717) is 11.5 Å². The number of nitrogens with zero attached hydrogens (tertiary/aromatic N) is 6. The summed E-state index contributed by atoms with van der Waals surface area (Å²) in [6.45, 7) is 8.28. The number of anilines is 1. The van der Waals surface area contributed by atoms with E-state index >= 15 is 0 Å². The molecule has 1 fully saturated rings. The summed E-state index contributed by atoms with van der Waals surface area (Å²) in [6.07, 6.45) is 3.58. The Hall–Kier alpha value is -2.51. The first-order valence-electron chi connectivity index (χ1n) is 8.18. The maximum absolute atomic E-state index is 10.9. The summed E-state index contributed by atoms with van der Waals surface area (Å²) < 4.78 is 1.97. The van der Waals surface area contributed by atoms with Gasteiger partial charge in [0.25, 0.3) is 5.69 Å². The Balaban J connectivity index is 1.72. The van der Waals surface area contributed by atoms with Gasteiger partial charge in [-0.3, -0.25) is 10.1 Å². The summed E-state index contributed by atoms with van der Waals surface area (Å²) in [5.74, 6) is 3.02. The third-order valence-corrected chi connectivity index (χ3v) is 4.50. The predicted molar refractivity (Wildman–Crippen MR) is 90.1 cm³/mol. The summed E-state index contributed by atoms with van der Waals surface area (Å²) in [6, 6.07) is 1.81. The molecule has 2 aromatic heterocycles. The quantitative estimate of drug-likeness (QED) is 0.632. The molecule has 1 aliphatic heterocycles. The maximum Gasteiger partial charge on any atom is 0.290 e. The molecule has 0 N–H and O–H groups in total. The van der Waals surface area contributed by atoms with Gasteiger partial charge in [0, 0.05) is 25.2 Å². The molecule has 0 amide bonds. The highest BCUT2D eigenvalue weighted by atomic mass is 16.6. The van der Waals surface area contributed by atoms with Crippen LogP contribution in [0.4, 0.5) is 11.5 Å². The fraction of sp³-hybridized carbons (Fsp3) is 0.562. The van der Waals surface area contributed by atoms with Crippen LogP contribution < -0.4 is 4.90 Å². The SMILES string of the molecule is Cc1nc(C)n(CC2CCCN(c3cc(C)c([N+](=O)[O-])cn3)C2)n1. The standard InChI is InChI=1S/C16H22N6O2/c1-11-7-16(17-8-15(11)22(23)24)20-6-4-5-14(9-20)10-21-13(3)18-12(2)19-21/h7-8,14H,4-6,9-10H2,1-3H3. The van der Waals surface area contributed by atoms with E-state index in [0.717, 1.165) is 49.9 Å². The summed E-state index contributed by atoms with van der Waals surface area (Å²) in [5.41, 5.74) is 0.718. The van der Waals surface area contributed by atoms with E-state index in [2.05, 4.69) is 20.0 Å². The molecule has 1 aliphatic rings. The Bertz CT molecular complexity index is 757. The predicted octanol–water partition coefficient (Wildman–Crippen LogP) is 2.42. The minimum Gasteiger partial charge on any atom is -0.356 e. The highest BCUT2D eigenvalue weighted by molar-refractivity contribution is 5.48. The van der Waals surface area contributed by atoms with Crippen LogP contribution >= 0.6 is 0 Å². The lowest BCUT2D eigenvalue weighted by molar-refractivity contribution is -0.385. The second-order valence-electron chi connectivity index (χ2n) is 6.43. The molecule has 0 saturated carbocycles. The molecule has 24 heavy (non-hydrogen) atoms. The van der Waals surface area contributed by atoms with Gasteiger partial charge in [0.15, 0.2) is 0 Å². The van der Waals surface area contributed by atoms with Gasteiger partial charge >= 0.3 is 0 Å². The Morgan fingerprint density at radius 3 is 2.79 bits per heavy atom. The first-order chi connectivity index (χ1) is 11.4. The largest absolute Gasteiger partial charge is 0.356 e. The van der Waals surface area contributed by atoms with Crippen LogP contribution in [0.5, 0.6) is 0 Å². The molecule has 8 nitrogen and oxygen atoms in total. The number of hydrogen-bond donors (Lipinski definition) is 0. The van der Waals surface area contributed by atoms with E-state index in [-0.39, 0.29) is 10.6 Å². The molecule has 1 unspecified atom stereocenters. The van der Waals surface area contributed by atoms with E-state index in [1.54, 1.807) is 6.92 Å². The molecule has 0 aromatic carbocycles. The van der Waals surface area contributed by atoms with Crippen molar-refractivity contribution in [3.8, 4) is 0 Å². The van der Waals surface area contributed by atoms with Gasteiger partial charge in [-0.1, -0.05) is 0 Å². The molecule has 3 rings (SSSR count). The van der Waals surface area contributed by atoms with Crippen molar-refractivity contribution in [2.45, 2.75) is 40.2 Å². The highest BCUT2D eigenvalue weighted by Crippen LogP contribution is 2.26. The maximum atomic E-state index is 10.9. The van der Waals surface area contributed by atoms with E-state index in [4.69, 9.17) is 0 Å². The second kappa shape index (κ2) is 6.54. The van der Waals surface area contributed by atoms with E-state index < -0.39 is 0 Å². The van der Waals surface area contributed by atoms with Gasteiger partial charge in [-0.05, 0) is 45.6 Å². The van der Waals surface area contributed by atoms with Crippen LogP contribution in [0.1, 0.15) is 30.1 Å². The average Bonchev–Trinajstić information content (AvgIpc) is 2.84. The fourth-order valence-corrected chi connectivity index (χ4v) is 3.30. The van der Waals surface area contributed by atoms with Crippen molar-refractivity contribution in [3.05, 3.63) is 39.6 Å². The van der Waals surface area contributed by atoms with Gasteiger partial charge in [0.1, 0.15) is 23.7 Å². The molecule has 1 saturated heterocycles. The van der Waals surface area contributed by atoms with Gasteiger partial charge < -0.3 is 4.90 Å². The van der Waals surface area contributed by atoms with Crippen molar-refractivity contribution in [1.29, 1.82) is 0 Å². The molecule has 0 spiro atoms. The van der Waals surface area contributed by atoms with Gasteiger partial charge in [0.05, 0.1) is 4.92 Å². The molecule has 2 aromatic rings. The molecular formula is C16H22N6O2. The molecule has 0 aliphatic carbocycles. The van der Waals surface area contributed by atoms with Gasteiger partial charge in [-0.2, -0.15) is 5.10 Å². The molecule has 1 atom stereocenters. The second-order valence-corrected chi connectivity index (χ2v) is 6.43. The van der Waals surface area contributed by atoms with E-state index in [1.165, 1.54) is 6.20 Å². The Morgan fingerprint density at radius 1 is 1.38 bits per heavy atom. The number of hydrogen-bond acceptors (Lipinski definition) is 6. The molecule has 8 heteroatoms. The lowest BCUT2D eigenvalue weighted by Gasteiger charge is -2.33. The third-order valence-electron chi connectivity index (χ3n) is 4.50. The van der Waals surface area contributed by atoms with Crippen LogP contribution in [0.3, 0.4) is 0 Å². The van der Waals surface area contributed by atoms with Crippen LogP contribution in [0, 0.1) is 36.8 Å². The van der Waals surface area contributed by atoms with Crippen LogP contribution in [-0.4, -0.2) is 37.8 Å². The number of piperidine rings is 1. The topological polar surface area (TPSA) is 90.0 Å². The first-order valence-corrected chi connectivity index (χ1v) is 8.18. The van der Waals surface area contributed by atoms with Crippen molar-refractivity contribution >= 4 is 11.5 Å². The van der Waals surface area contributed by atoms with Crippen LogP contribution in [0.25, 0.3) is 0 Å². The fourth-order valence-electron chi connectivity index (χ4n) is 3.30. The summed E-state index contributed by atoms with van der Waals surface area (Å²) in [7, 11) is 0. The smallest absolute Gasteiger partial charge is 0.290 e. The first kappa shape index (κ1) is 16.4. The summed E-state index contributed by atoms with van der Waals surface area (Å²) >= 11 is 0. The third kappa shape index (κ3) is 3.37. The van der Waals surface area contributed by atoms with E-state index in [1.807, 2.05) is 24.6 Å². The zero-order chi connectivity index (χ0) is 17.3. The average molecular weight is 330 g/mol. The number of rotatable bonds is 4. The van der Waals surface area contributed by atoms with Gasteiger partial charge in [-0.25, -0.2) is 14.6 Å². The monoisotopic (exact) mass is 330 g/mol. The minimum atomic E-state index is -0.388. The normalized spacial score (nSPS) is 18.0. The van der Waals surface area contributed by atoms with Crippen LogP contribution in [0.15, 0.2) is 12.3 Å². The van der Waals surface area contributed by atoms with Crippen LogP contribution in [0.2, 0.25) is 0 Å². The van der Waals surface area contributed by atoms with Crippen molar-refractivity contribution in [3.63, 3.8) is 0 Å². The Labute approximate surface area is 140 Å². The van der Waals surface area contributed by atoms with Crippen LogP contribution in [-0.2, 0) is 6.54 Å². The molecule has 0 radical (unpaired) electrons. The molecule has 128 valence electrons. The molecule has 3 heterocycles. The molecular weight excluding hydrogens is 308 g/mol. The Morgan fingerprint density at radius 2 is 2.17 bits per heavy atom. The van der Waals surface area contributed by atoms with Gasteiger partial charge in [0.2, 0.25) is 0 Å². The summed E-state index contributed by atoms with van der Waals surface area (Å²) in [4.78, 5) is 21.4. The van der Waals surface area contributed by atoms with E-state index in [9.17, 15) is 10.1 Å². The number of nitro groups is 1. The Kier molecular flexibility index (Phi) is 4.46. The van der Waals surface area contributed by atoms with Crippen molar-refractivity contribution < 1.29 is 4.92 Å². The zero-order valence-corrected chi connectivity index (χ0v) is 14.3. The summed E-state index contributed by atoms with van der Waals surface area (Å²) in [5, 5.41) is 15.4. The lowest BCUT2D eigenvalue weighted by atomic mass is 9.98. The lowest BCUT2D eigenvalue weighted by Crippen LogP contribution is -2.37. The van der Waals surface area contributed by atoms with Crippen molar-refractivity contribution in [2.24, 2.45) is 5.92 Å². The number of aromatic nitrogens is 4. The van der Waals surface area contributed by atoms with Crippen molar-refractivity contribution in [2.75, 3.05) is 18.0 Å². The van der Waals surface area contributed by atoms with Gasteiger partial charge in [-0.15, -0.1) is 0 Å². The molecule has 0 bridgehead atoms.